The number of benzene rings is 1. The van der Waals surface area contributed by atoms with Crippen LogP contribution < -0.4 is 5.73 Å². The van der Waals surface area contributed by atoms with Crippen LogP contribution in [0.15, 0.2) is 28.7 Å². The summed E-state index contributed by atoms with van der Waals surface area (Å²) >= 11 is 3.64. The maximum absolute atomic E-state index is 6.20. The van der Waals surface area contributed by atoms with Gasteiger partial charge in [0.1, 0.15) is 0 Å². The normalized spacial score (nSPS) is 29.8. The van der Waals surface area contributed by atoms with Crippen molar-refractivity contribution in [2.45, 2.75) is 50.8 Å². The highest BCUT2D eigenvalue weighted by Gasteiger charge is 2.44. The molecule has 0 saturated carbocycles. The van der Waals surface area contributed by atoms with Crippen LogP contribution in [0.3, 0.4) is 0 Å². The van der Waals surface area contributed by atoms with Crippen LogP contribution >= 0.6 is 15.9 Å². The molecule has 21 heavy (non-hydrogen) atoms. The summed E-state index contributed by atoms with van der Waals surface area (Å²) in [5.74, 6) is 0. The minimum absolute atomic E-state index is 0.0261. The number of halogens is 1. The second-order valence-electron chi connectivity index (χ2n) is 6.45. The molecule has 1 fully saturated rings. The van der Waals surface area contributed by atoms with E-state index in [1.54, 1.807) is 0 Å². The standard InChI is InChI=1S/C17H27BrN2O/c1-4-16(2)12-17(13-19,9-10-21-16)20(3)11-14-7-5-6-8-15(14)18/h5-8H,4,9-13,19H2,1-3H3. The van der Waals surface area contributed by atoms with Gasteiger partial charge in [-0.1, -0.05) is 41.1 Å². The minimum atomic E-state index is -0.0558. The van der Waals surface area contributed by atoms with E-state index in [1.807, 2.05) is 0 Å². The molecule has 1 aliphatic rings. The lowest BCUT2D eigenvalue weighted by molar-refractivity contribution is -0.126. The molecule has 1 aliphatic heterocycles. The summed E-state index contributed by atoms with van der Waals surface area (Å²) in [5, 5.41) is 0. The lowest BCUT2D eigenvalue weighted by Gasteiger charge is -2.50. The first-order chi connectivity index (χ1) is 9.95. The van der Waals surface area contributed by atoms with E-state index in [4.69, 9.17) is 10.5 Å². The van der Waals surface area contributed by atoms with Crippen molar-refractivity contribution in [2.75, 3.05) is 20.2 Å². The summed E-state index contributed by atoms with van der Waals surface area (Å²) in [6.07, 6.45) is 3.02. The van der Waals surface area contributed by atoms with E-state index in [0.29, 0.717) is 6.54 Å². The van der Waals surface area contributed by atoms with E-state index in [-0.39, 0.29) is 11.1 Å². The zero-order valence-corrected chi connectivity index (χ0v) is 14.9. The summed E-state index contributed by atoms with van der Waals surface area (Å²) < 4.78 is 7.17. The second-order valence-corrected chi connectivity index (χ2v) is 7.31. The Balaban J connectivity index is 2.18. The highest BCUT2D eigenvalue weighted by atomic mass is 79.9. The molecule has 1 aromatic carbocycles. The molecule has 0 spiro atoms. The van der Waals surface area contributed by atoms with Crippen molar-refractivity contribution in [3.63, 3.8) is 0 Å². The first kappa shape index (κ1) is 16.9. The Morgan fingerprint density at radius 1 is 1.38 bits per heavy atom. The van der Waals surface area contributed by atoms with Crippen molar-refractivity contribution in [1.82, 2.24) is 4.90 Å². The molecule has 1 heterocycles. The van der Waals surface area contributed by atoms with Crippen LogP contribution in [-0.4, -0.2) is 36.2 Å². The predicted octanol–water partition coefficient (Wildman–Crippen LogP) is 3.56. The van der Waals surface area contributed by atoms with Gasteiger partial charge < -0.3 is 10.5 Å². The van der Waals surface area contributed by atoms with Crippen molar-refractivity contribution in [1.29, 1.82) is 0 Å². The summed E-state index contributed by atoms with van der Waals surface area (Å²) in [5.41, 5.74) is 7.47. The van der Waals surface area contributed by atoms with Gasteiger partial charge in [0, 0.05) is 29.7 Å². The Labute approximate surface area is 137 Å². The molecule has 0 aromatic heterocycles. The Kier molecular flexibility index (Phi) is 5.47. The van der Waals surface area contributed by atoms with Gasteiger partial charge in [-0.2, -0.15) is 0 Å². The number of nitrogens with two attached hydrogens (primary N) is 1. The van der Waals surface area contributed by atoms with Crippen molar-refractivity contribution < 1.29 is 4.74 Å². The molecule has 0 bridgehead atoms. The van der Waals surface area contributed by atoms with Gasteiger partial charge in [-0.15, -0.1) is 0 Å². The molecule has 1 saturated heterocycles. The van der Waals surface area contributed by atoms with Crippen LogP contribution in [0.25, 0.3) is 0 Å². The number of ether oxygens (including phenoxy) is 1. The highest BCUT2D eigenvalue weighted by Crippen LogP contribution is 2.38. The van der Waals surface area contributed by atoms with Gasteiger partial charge in [-0.25, -0.2) is 0 Å². The fourth-order valence-electron chi connectivity index (χ4n) is 3.26. The van der Waals surface area contributed by atoms with Gasteiger partial charge in [-0.3, -0.25) is 4.90 Å². The number of hydrogen-bond acceptors (Lipinski definition) is 3. The molecule has 118 valence electrons. The van der Waals surface area contributed by atoms with Crippen LogP contribution in [-0.2, 0) is 11.3 Å². The number of hydrogen-bond donors (Lipinski definition) is 1. The van der Waals surface area contributed by atoms with E-state index < -0.39 is 0 Å². The quantitative estimate of drug-likeness (QED) is 0.878. The van der Waals surface area contributed by atoms with Crippen LogP contribution in [0.4, 0.5) is 0 Å². The Hall–Kier alpha value is -0.420. The van der Waals surface area contributed by atoms with Crippen LogP contribution in [0, 0.1) is 0 Å². The first-order valence-electron chi connectivity index (χ1n) is 7.73. The fourth-order valence-corrected chi connectivity index (χ4v) is 3.67. The van der Waals surface area contributed by atoms with Gasteiger partial charge in [0.25, 0.3) is 0 Å². The van der Waals surface area contributed by atoms with Gasteiger partial charge in [0.2, 0.25) is 0 Å². The summed E-state index contributed by atoms with van der Waals surface area (Å²) in [6.45, 7) is 6.77. The molecule has 0 amide bonds. The molecule has 2 N–H and O–H groups in total. The lowest BCUT2D eigenvalue weighted by atomic mass is 9.78. The van der Waals surface area contributed by atoms with Gasteiger partial charge in [0.15, 0.2) is 0 Å². The fraction of sp³-hybridized carbons (Fsp3) is 0.647. The highest BCUT2D eigenvalue weighted by molar-refractivity contribution is 9.10. The Bertz CT molecular complexity index is 482. The van der Waals surface area contributed by atoms with E-state index in [0.717, 1.165) is 36.9 Å². The van der Waals surface area contributed by atoms with Crippen molar-refractivity contribution in [2.24, 2.45) is 5.73 Å². The molecule has 2 atom stereocenters. The molecule has 2 unspecified atom stereocenters. The molecular formula is C17H27BrN2O. The maximum Gasteiger partial charge on any atom is 0.0670 e. The zero-order valence-electron chi connectivity index (χ0n) is 13.4. The molecule has 2 rings (SSSR count). The van der Waals surface area contributed by atoms with Crippen molar-refractivity contribution in [3.05, 3.63) is 34.3 Å². The van der Waals surface area contributed by atoms with E-state index in [2.05, 4.69) is 66.0 Å². The third-order valence-corrected chi connectivity index (χ3v) is 5.80. The second kappa shape index (κ2) is 6.78. The summed E-state index contributed by atoms with van der Waals surface area (Å²) in [4.78, 5) is 2.42. The van der Waals surface area contributed by atoms with E-state index in [9.17, 15) is 0 Å². The molecule has 0 radical (unpaired) electrons. The largest absolute Gasteiger partial charge is 0.375 e. The molecule has 1 aromatic rings. The molecular weight excluding hydrogens is 328 g/mol. The SMILES string of the molecule is CCC1(C)CC(CN)(N(C)Cc2ccccc2Br)CCO1. The summed E-state index contributed by atoms with van der Waals surface area (Å²) in [7, 11) is 2.19. The third kappa shape index (κ3) is 3.67. The molecule has 3 nitrogen and oxygen atoms in total. The molecule has 0 aliphatic carbocycles. The maximum atomic E-state index is 6.20. The predicted molar refractivity (Wildman–Crippen MR) is 91.3 cm³/mol. The van der Waals surface area contributed by atoms with E-state index >= 15 is 0 Å². The number of rotatable bonds is 5. The average molecular weight is 355 g/mol. The third-order valence-electron chi connectivity index (χ3n) is 5.02. The number of likely N-dealkylation sites (N-methyl/N-ethyl adjacent to an activating group) is 1. The van der Waals surface area contributed by atoms with Crippen molar-refractivity contribution in [3.8, 4) is 0 Å². The van der Waals surface area contributed by atoms with Gasteiger partial charge in [-0.05, 0) is 44.9 Å². The Morgan fingerprint density at radius 3 is 2.71 bits per heavy atom. The zero-order chi connectivity index (χ0) is 15.5. The molecule has 4 heteroatoms. The van der Waals surface area contributed by atoms with Crippen LogP contribution in [0.2, 0.25) is 0 Å². The van der Waals surface area contributed by atoms with Gasteiger partial charge >= 0.3 is 0 Å². The number of nitrogens with zero attached hydrogens (tertiary/aromatic N) is 1. The lowest BCUT2D eigenvalue weighted by Crippen LogP contribution is -2.59. The first-order valence-corrected chi connectivity index (χ1v) is 8.53. The average Bonchev–Trinajstić information content (AvgIpc) is 2.49. The Morgan fingerprint density at radius 2 is 2.10 bits per heavy atom. The minimum Gasteiger partial charge on any atom is -0.375 e. The smallest absolute Gasteiger partial charge is 0.0670 e. The topological polar surface area (TPSA) is 38.5 Å². The van der Waals surface area contributed by atoms with Gasteiger partial charge in [0.05, 0.1) is 5.60 Å². The van der Waals surface area contributed by atoms with E-state index in [1.165, 1.54) is 5.56 Å². The van der Waals surface area contributed by atoms with Crippen LogP contribution in [0.1, 0.15) is 38.7 Å². The van der Waals surface area contributed by atoms with Crippen LogP contribution in [0.5, 0.6) is 0 Å². The summed E-state index contributed by atoms with van der Waals surface area (Å²) in [6, 6.07) is 8.40. The monoisotopic (exact) mass is 354 g/mol. The van der Waals surface area contributed by atoms with Crippen molar-refractivity contribution >= 4 is 15.9 Å².